The molecule has 6 heteroatoms. The Kier molecular flexibility index (Phi) is 3.71. The number of ether oxygens (including phenoxy) is 2. The smallest absolute Gasteiger partial charge is 0.201 e. The van der Waals surface area contributed by atoms with Crippen LogP contribution in [0.2, 0.25) is 5.02 Å². The van der Waals surface area contributed by atoms with Crippen molar-refractivity contribution < 1.29 is 9.47 Å². The lowest BCUT2D eigenvalue weighted by molar-refractivity contribution is 0.172. The third-order valence-corrected chi connectivity index (χ3v) is 4.02. The molecule has 118 valence electrons. The lowest BCUT2D eigenvalue weighted by Crippen LogP contribution is -2.15. The number of halogens is 1. The van der Waals surface area contributed by atoms with Crippen LogP contribution in [0.5, 0.6) is 11.5 Å². The van der Waals surface area contributed by atoms with E-state index in [0.29, 0.717) is 13.2 Å². The highest BCUT2D eigenvalue weighted by Gasteiger charge is 2.14. The van der Waals surface area contributed by atoms with Gasteiger partial charge in [-0.1, -0.05) is 23.7 Å². The molecular formula is C17H16ClN3O2. The van der Waals surface area contributed by atoms with E-state index in [-0.39, 0.29) is 0 Å². The summed E-state index contributed by atoms with van der Waals surface area (Å²) in [6.45, 7) is 1.95. The van der Waals surface area contributed by atoms with E-state index in [0.717, 1.165) is 46.5 Å². The molecule has 0 saturated heterocycles. The van der Waals surface area contributed by atoms with Crippen LogP contribution in [0.4, 0.5) is 5.95 Å². The molecule has 1 aliphatic heterocycles. The standard InChI is InChI=1S/C17H16ClN3O2/c18-12-3-1-11(2-4-12)5-6-19-17-20-13-9-15-16(10-14(13)21-17)23-8-7-22-15/h1-4,9-10H,5-8H2,(H2,19,20,21). The van der Waals surface area contributed by atoms with Crippen molar-refractivity contribution in [3.8, 4) is 11.5 Å². The van der Waals surface area contributed by atoms with Crippen LogP contribution in [0.25, 0.3) is 11.0 Å². The first kappa shape index (κ1) is 14.2. The monoisotopic (exact) mass is 329 g/mol. The third-order valence-electron chi connectivity index (χ3n) is 3.77. The Morgan fingerprint density at radius 3 is 2.61 bits per heavy atom. The Hall–Kier alpha value is -2.40. The van der Waals surface area contributed by atoms with Crippen molar-refractivity contribution in [3.63, 3.8) is 0 Å². The van der Waals surface area contributed by atoms with Gasteiger partial charge in [0, 0.05) is 23.7 Å². The molecule has 2 N–H and O–H groups in total. The van der Waals surface area contributed by atoms with Gasteiger partial charge in [-0.05, 0) is 24.1 Å². The van der Waals surface area contributed by atoms with Gasteiger partial charge >= 0.3 is 0 Å². The summed E-state index contributed by atoms with van der Waals surface area (Å²) in [6, 6.07) is 11.7. The van der Waals surface area contributed by atoms with E-state index >= 15 is 0 Å². The van der Waals surface area contributed by atoms with Gasteiger partial charge in [0.05, 0.1) is 11.0 Å². The Bertz CT molecular complexity index is 787. The van der Waals surface area contributed by atoms with Crippen LogP contribution in [0.3, 0.4) is 0 Å². The summed E-state index contributed by atoms with van der Waals surface area (Å²) in [5.41, 5.74) is 3.03. The molecular weight excluding hydrogens is 314 g/mol. The summed E-state index contributed by atoms with van der Waals surface area (Å²) < 4.78 is 11.2. The zero-order chi connectivity index (χ0) is 15.6. The molecule has 23 heavy (non-hydrogen) atoms. The van der Waals surface area contributed by atoms with Crippen molar-refractivity contribution >= 4 is 28.6 Å². The number of fused-ring (bicyclic) bond motifs is 2. The predicted molar refractivity (Wildman–Crippen MR) is 90.7 cm³/mol. The number of benzene rings is 2. The number of hydrogen-bond acceptors (Lipinski definition) is 4. The lowest BCUT2D eigenvalue weighted by Gasteiger charge is -2.17. The number of imidazole rings is 1. The van der Waals surface area contributed by atoms with Gasteiger partial charge in [0.25, 0.3) is 0 Å². The fourth-order valence-corrected chi connectivity index (χ4v) is 2.73. The fourth-order valence-electron chi connectivity index (χ4n) is 2.61. The first-order chi connectivity index (χ1) is 11.3. The molecule has 2 aromatic carbocycles. The van der Waals surface area contributed by atoms with E-state index in [1.165, 1.54) is 5.56 Å². The summed E-state index contributed by atoms with van der Waals surface area (Å²) in [6.07, 6.45) is 0.900. The van der Waals surface area contributed by atoms with Gasteiger partial charge in [0.15, 0.2) is 11.5 Å². The number of H-pyrrole nitrogens is 1. The average molecular weight is 330 g/mol. The van der Waals surface area contributed by atoms with Crippen molar-refractivity contribution in [2.24, 2.45) is 0 Å². The number of anilines is 1. The summed E-state index contributed by atoms with van der Waals surface area (Å²) in [5.74, 6) is 2.26. The van der Waals surface area contributed by atoms with Gasteiger partial charge in [-0.2, -0.15) is 0 Å². The van der Waals surface area contributed by atoms with Crippen LogP contribution >= 0.6 is 11.6 Å². The van der Waals surface area contributed by atoms with Crippen molar-refractivity contribution in [3.05, 3.63) is 47.0 Å². The molecule has 4 rings (SSSR count). The number of hydrogen-bond donors (Lipinski definition) is 2. The van der Waals surface area contributed by atoms with E-state index in [1.54, 1.807) is 0 Å². The maximum Gasteiger partial charge on any atom is 0.201 e. The van der Waals surface area contributed by atoms with Crippen molar-refractivity contribution in [2.45, 2.75) is 6.42 Å². The van der Waals surface area contributed by atoms with E-state index in [1.807, 2.05) is 36.4 Å². The molecule has 0 unspecified atom stereocenters. The van der Waals surface area contributed by atoms with E-state index in [2.05, 4.69) is 15.3 Å². The van der Waals surface area contributed by atoms with E-state index in [4.69, 9.17) is 21.1 Å². The highest BCUT2D eigenvalue weighted by molar-refractivity contribution is 6.30. The highest BCUT2D eigenvalue weighted by Crippen LogP contribution is 2.34. The fraction of sp³-hybridized carbons (Fsp3) is 0.235. The molecule has 0 fully saturated rings. The van der Waals surface area contributed by atoms with Gasteiger partial charge in [-0.15, -0.1) is 0 Å². The summed E-state index contributed by atoms with van der Waals surface area (Å²) in [5, 5.41) is 4.06. The van der Waals surface area contributed by atoms with Gasteiger partial charge < -0.3 is 19.8 Å². The zero-order valence-electron chi connectivity index (χ0n) is 12.4. The average Bonchev–Trinajstić information content (AvgIpc) is 2.96. The first-order valence-electron chi connectivity index (χ1n) is 7.55. The van der Waals surface area contributed by atoms with Gasteiger partial charge in [-0.3, -0.25) is 0 Å². The molecule has 0 amide bonds. The topological polar surface area (TPSA) is 59.2 Å². The van der Waals surface area contributed by atoms with Crippen LogP contribution < -0.4 is 14.8 Å². The van der Waals surface area contributed by atoms with Crippen molar-refractivity contribution in [1.82, 2.24) is 9.97 Å². The Morgan fingerprint density at radius 1 is 1.09 bits per heavy atom. The molecule has 0 saturated carbocycles. The molecule has 0 aliphatic carbocycles. The summed E-state index contributed by atoms with van der Waals surface area (Å²) in [4.78, 5) is 7.80. The molecule has 1 aromatic heterocycles. The molecule has 3 aromatic rings. The zero-order valence-corrected chi connectivity index (χ0v) is 13.2. The number of nitrogens with one attached hydrogen (secondary N) is 2. The van der Waals surface area contributed by atoms with E-state index < -0.39 is 0 Å². The van der Waals surface area contributed by atoms with Crippen LogP contribution in [-0.4, -0.2) is 29.7 Å². The second-order valence-electron chi connectivity index (χ2n) is 5.40. The highest BCUT2D eigenvalue weighted by atomic mass is 35.5. The van der Waals surface area contributed by atoms with Gasteiger partial charge in [0.2, 0.25) is 5.95 Å². The molecule has 0 bridgehead atoms. The van der Waals surface area contributed by atoms with Crippen molar-refractivity contribution in [2.75, 3.05) is 25.1 Å². The van der Waals surface area contributed by atoms with E-state index in [9.17, 15) is 0 Å². The Morgan fingerprint density at radius 2 is 1.83 bits per heavy atom. The van der Waals surface area contributed by atoms with Crippen molar-refractivity contribution in [1.29, 1.82) is 0 Å². The largest absolute Gasteiger partial charge is 0.486 e. The van der Waals surface area contributed by atoms with Crippen LogP contribution in [0, 0.1) is 0 Å². The molecule has 0 atom stereocenters. The summed E-state index contributed by atoms with van der Waals surface area (Å²) >= 11 is 5.89. The minimum Gasteiger partial charge on any atom is -0.486 e. The number of aromatic amines is 1. The first-order valence-corrected chi connectivity index (χ1v) is 7.93. The maximum absolute atomic E-state index is 5.89. The minimum atomic E-state index is 0.579. The van der Waals surface area contributed by atoms with Crippen LogP contribution in [0.1, 0.15) is 5.56 Å². The molecule has 0 spiro atoms. The van der Waals surface area contributed by atoms with Gasteiger partial charge in [-0.25, -0.2) is 4.98 Å². The summed E-state index contributed by atoms with van der Waals surface area (Å²) in [7, 11) is 0. The number of nitrogens with zero attached hydrogens (tertiary/aromatic N) is 1. The second kappa shape index (κ2) is 6.01. The molecule has 0 radical (unpaired) electrons. The second-order valence-corrected chi connectivity index (χ2v) is 5.84. The number of aromatic nitrogens is 2. The van der Waals surface area contributed by atoms with Gasteiger partial charge in [0.1, 0.15) is 13.2 Å². The molecule has 1 aliphatic rings. The quantitative estimate of drug-likeness (QED) is 0.767. The normalized spacial score (nSPS) is 13.3. The Labute approximate surface area is 138 Å². The molecule has 5 nitrogen and oxygen atoms in total. The minimum absolute atomic E-state index is 0.579. The molecule has 2 heterocycles. The Balaban J connectivity index is 1.45. The SMILES string of the molecule is Clc1ccc(CCNc2nc3cc4c(cc3[nH]2)OCCO4)cc1. The van der Waals surface area contributed by atoms with Crippen LogP contribution in [-0.2, 0) is 6.42 Å². The number of rotatable bonds is 4. The third kappa shape index (κ3) is 3.05. The lowest BCUT2D eigenvalue weighted by atomic mass is 10.1. The maximum atomic E-state index is 5.89. The predicted octanol–water partition coefficient (Wildman–Crippen LogP) is 3.64. The van der Waals surface area contributed by atoms with Crippen LogP contribution in [0.15, 0.2) is 36.4 Å².